The van der Waals surface area contributed by atoms with Crippen molar-refractivity contribution < 1.29 is 39.4 Å². The number of nitrogens with one attached hydrogen (secondary N) is 2. The van der Waals surface area contributed by atoms with E-state index >= 15 is 0 Å². The first-order chi connectivity index (χ1) is 11.3. The summed E-state index contributed by atoms with van der Waals surface area (Å²) in [5, 5.41) is 47.0. The highest BCUT2D eigenvalue weighted by Crippen LogP contribution is 2.40. The molecule has 0 radical (unpaired) electrons. The van der Waals surface area contributed by atoms with Gasteiger partial charge in [-0.3, -0.25) is 4.79 Å². The lowest BCUT2D eigenvalue weighted by atomic mass is 9.80. The molecular formula is C14H24N2O8. The first kappa shape index (κ1) is 18.1. The number of hydrogen-bond acceptors (Lipinski definition) is 10. The smallest absolute Gasteiger partial charge is 0.282 e. The maximum absolute atomic E-state index is 12.3. The molecule has 2 heterocycles. The second kappa shape index (κ2) is 6.24. The molecule has 138 valence electrons. The lowest BCUT2D eigenvalue weighted by Crippen LogP contribution is -2.78. The van der Waals surface area contributed by atoms with E-state index in [4.69, 9.17) is 14.2 Å². The molecule has 24 heavy (non-hydrogen) atoms. The van der Waals surface area contributed by atoms with Gasteiger partial charge in [-0.05, 0) is 21.0 Å². The number of carbonyl (C=O) groups is 1. The molecular weight excluding hydrogens is 324 g/mol. The molecule has 0 aromatic heterocycles. The van der Waals surface area contributed by atoms with E-state index in [9.17, 15) is 25.2 Å². The van der Waals surface area contributed by atoms with E-state index in [2.05, 4.69) is 10.6 Å². The van der Waals surface area contributed by atoms with Crippen molar-refractivity contribution >= 4 is 5.78 Å². The van der Waals surface area contributed by atoms with Crippen molar-refractivity contribution in [1.29, 1.82) is 0 Å². The van der Waals surface area contributed by atoms with Gasteiger partial charge in [0.15, 0.2) is 0 Å². The van der Waals surface area contributed by atoms with Crippen LogP contribution in [0, 0.1) is 0 Å². The van der Waals surface area contributed by atoms with Crippen LogP contribution in [-0.4, -0.2) is 101 Å². The molecule has 0 aromatic rings. The van der Waals surface area contributed by atoms with Crippen LogP contribution in [0.5, 0.6) is 0 Å². The van der Waals surface area contributed by atoms with Crippen molar-refractivity contribution in [2.75, 3.05) is 14.1 Å². The highest BCUT2D eigenvalue weighted by molar-refractivity contribution is 5.91. The third-order valence-electron chi connectivity index (χ3n) is 5.11. The molecule has 3 rings (SSSR count). The molecule has 2 saturated heterocycles. The lowest BCUT2D eigenvalue weighted by molar-refractivity contribution is -0.425. The van der Waals surface area contributed by atoms with E-state index < -0.39 is 66.6 Å². The molecule has 3 aliphatic rings. The molecule has 10 heteroatoms. The fraction of sp³-hybridized carbons (Fsp3) is 0.929. The van der Waals surface area contributed by atoms with Crippen LogP contribution in [0.2, 0.25) is 0 Å². The summed E-state index contributed by atoms with van der Waals surface area (Å²) in [5.41, 5.74) is 0. The Morgan fingerprint density at radius 3 is 2.21 bits per heavy atom. The molecule has 0 bridgehead atoms. The highest BCUT2D eigenvalue weighted by Gasteiger charge is 2.65. The van der Waals surface area contributed by atoms with E-state index in [0.717, 1.165) is 0 Å². The predicted molar refractivity (Wildman–Crippen MR) is 77.8 cm³/mol. The number of rotatable bonds is 2. The molecule has 0 unspecified atom stereocenters. The Bertz CT molecular complexity index is 507. The van der Waals surface area contributed by atoms with Crippen LogP contribution in [0.25, 0.3) is 0 Å². The lowest BCUT2D eigenvalue weighted by Gasteiger charge is -2.55. The molecule has 10 atom stereocenters. The van der Waals surface area contributed by atoms with Gasteiger partial charge in [-0.25, -0.2) is 0 Å². The number of carbonyl (C=O) groups excluding carboxylic acids is 1. The van der Waals surface area contributed by atoms with Gasteiger partial charge in [-0.15, -0.1) is 0 Å². The van der Waals surface area contributed by atoms with Gasteiger partial charge in [0.2, 0.25) is 12.1 Å². The number of ketones is 1. The van der Waals surface area contributed by atoms with Gasteiger partial charge in [0.05, 0.1) is 24.3 Å². The summed E-state index contributed by atoms with van der Waals surface area (Å²) < 4.78 is 16.5. The zero-order chi connectivity index (χ0) is 17.8. The number of aliphatic hydroxyl groups is 4. The van der Waals surface area contributed by atoms with Crippen LogP contribution in [0.15, 0.2) is 0 Å². The van der Waals surface area contributed by atoms with Gasteiger partial charge in [0.1, 0.15) is 24.4 Å². The topological polar surface area (TPSA) is 150 Å². The number of hydrogen-bond donors (Lipinski definition) is 6. The van der Waals surface area contributed by atoms with Gasteiger partial charge in [-0.1, -0.05) is 0 Å². The van der Waals surface area contributed by atoms with Crippen LogP contribution in [-0.2, 0) is 19.0 Å². The molecule has 0 spiro atoms. The van der Waals surface area contributed by atoms with Gasteiger partial charge >= 0.3 is 0 Å². The second-order valence-electron chi connectivity index (χ2n) is 6.47. The minimum Gasteiger partial charge on any atom is -0.390 e. The number of Topliss-reactive ketones (excluding diaryl/α,β-unsaturated/α-hetero) is 1. The highest BCUT2D eigenvalue weighted by atomic mass is 16.8. The van der Waals surface area contributed by atoms with Crippen molar-refractivity contribution in [3.05, 3.63) is 0 Å². The molecule has 6 N–H and O–H groups in total. The van der Waals surface area contributed by atoms with E-state index in [0.29, 0.717) is 0 Å². The Labute approximate surface area is 138 Å². The van der Waals surface area contributed by atoms with E-state index in [1.54, 1.807) is 14.1 Å². The molecule has 1 aliphatic carbocycles. The largest absolute Gasteiger partial charge is 0.390 e. The predicted octanol–water partition coefficient (Wildman–Crippen LogP) is -3.95. The quantitative estimate of drug-likeness (QED) is 0.292. The summed E-state index contributed by atoms with van der Waals surface area (Å²) in [7, 11) is 3.16. The van der Waals surface area contributed by atoms with Crippen LogP contribution in [0.3, 0.4) is 0 Å². The average molecular weight is 348 g/mol. The minimum absolute atomic E-state index is 0.708. The summed E-state index contributed by atoms with van der Waals surface area (Å²) in [5.74, 6) is -3.48. The maximum Gasteiger partial charge on any atom is 0.282 e. The Morgan fingerprint density at radius 1 is 1.00 bits per heavy atom. The maximum atomic E-state index is 12.3. The number of aliphatic hydroxyl groups excluding tert-OH is 3. The van der Waals surface area contributed by atoms with Crippen LogP contribution in [0.1, 0.15) is 6.92 Å². The van der Waals surface area contributed by atoms with E-state index in [1.165, 1.54) is 6.92 Å². The number of likely N-dealkylation sites (N-methyl/N-ethyl adjacent to an activating group) is 2. The molecule has 0 aromatic carbocycles. The molecule has 10 nitrogen and oxygen atoms in total. The van der Waals surface area contributed by atoms with Gasteiger partial charge in [0.25, 0.3) is 5.79 Å². The summed E-state index contributed by atoms with van der Waals surface area (Å²) in [6, 6.07) is -1.44. The van der Waals surface area contributed by atoms with Crippen molar-refractivity contribution in [2.24, 2.45) is 0 Å². The first-order valence-corrected chi connectivity index (χ1v) is 7.90. The van der Waals surface area contributed by atoms with E-state index in [-0.39, 0.29) is 0 Å². The van der Waals surface area contributed by atoms with Crippen molar-refractivity contribution in [1.82, 2.24) is 10.6 Å². The monoisotopic (exact) mass is 348 g/mol. The Morgan fingerprint density at radius 2 is 1.62 bits per heavy atom. The average Bonchev–Trinajstić information content (AvgIpc) is 2.54. The Hall–Kier alpha value is -0.690. The van der Waals surface area contributed by atoms with Crippen molar-refractivity contribution in [3.63, 3.8) is 0 Å². The summed E-state index contributed by atoms with van der Waals surface area (Å²) >= 11 is 0. The Balaban J connectivity index is 1.94. The normalized spacial score (nSPS) is 55.0. The molecule has 3 fully saturated rings. The van der Waals surface area contributed by atoms with Crippen molar-refractivity contribution in [2.45, 2.75) is 67.7 Å². The number of fused-ring (bicyclic) bond motifs is 2. The second-order valence-corrected chi connectivity index (χ2v) is 6.47. The van der Waals surface area contributed by atoms with Crippen molar-refractivity contribution in [3.8, 4) is 0 Å². The third-order valence-corrected chi connectivity index (χ3v) is 5.11. The van der Waals surface area contributed by atoms with Gasteiger partial charge in [0, 0.05) is 0 Å². The molecule has 1 saturated carbocycles. The van der Waals surface area contributed by atoms with Crippen LogP contribution in [0.4, 0.5) is 0 Å². The fourth-order valence-electron chi connectivity index (χ4n) is 3.69. The summed E-state index contributed by atoms with van der Waals surface area (Å²) in [6.07, 6.45) is -8.15. The third kappa shape index (κ3) is 2.42. The first-order valence-electron chi connectivity index (χ1n) is 7.90. The Kier molecular flexibility index (Phi) is 4.71. The van der Waals surface area contributed by atoms with E-state index in [1.807, 2.05) is 0 Å². The van der Waals surface area contributed by atoms with Crippen LogP contribution < -0.4 is 10.6 Å². The van der Waals surface area contributed by atoms with Crippen LogP contribution >= 0.6 is 0 Å². The molecule has 0 amide bonds. The van der Waals surface area contributed by atoms with Gasteiger partial charge in [-0.2, -0.15) is 0 Å². The fourth-order valence-corrected chi connectivity index (χ4v) is 3.69. The summed E-state index contributed by atoms with van der Waals surface area (Å²) in [4.78, 5) is 12.3. The zero-order valence-corrected chi connectivity index (χ0v) is 13.6. The van der Waals surface area contributed by atoms with Gasteiger partial charge < -0.3 is 45.3 Å². The molecule has 2 aliphatic heterocycles. The SMILES string of the molecule is CN[C@@H]1[C@H](O)[C@H](NC)[C@H]2O[C@@]3(O)C(=O)[C@@H](O)[C@@H](C)O[C@H]3O[C@@H]2[C@H]1O. The number of ether oxygens (including phenoxy) is 3. The standard InChI is InChI=1S/C14H24N2O8/c1-4-7(17)12(20)14(21)13(22-4)23-11-9(19)5(15-2)8(18)6(16-3)10(11)24-14/h4-11,13,15-19,21H,1-3H3/t4-,5-,6+,7+,8+,9+,10-,11-,13+,14+/m1/s1. The summed E-state index contributed by atoms with van der Waals surface area (Å²) in [6.45, 7) is 1.46. The zero-order valence-electron chi connectivity index (χ0n) is 13.6. The minimum atomic E-state index is -2.51.